The first kappa shape index (κ1) is 15.7. The summed E-state index contributed by atoms with van der Waals surface area (Å²) in [7, 11) is 4.20. The molecule has 0 fully saturated rings. The van der Waals surface area contributed by atoms with Gasteiger partial charge in [-0.2, -0.15) is 0 Å². The first-order valence-corrected chi connectivity index (χ1v) is 8.00. The fourth-order valence-corrected chi connectivity index (χ4v) is 2.80. The number of benzene rings is 1. The van der Waals surface area contributed by atoms with E-state index >= 15 is 0 Å². The Labute approximate surface area is 137 Å². The molecule has 2 heterocycles. The molecule has 2 aromatic heterocycles. The summed E-state index contributed by atoms with van der Waals surface area (Å²) in [5.41, 5.74) is 12.6. The minimum Gasteiger partial charge on any atom is -0.326 e. The van der Waals surface area contributed by atoms with E-state index in [4.69, 9.17) is 10.7 Å². The Morgan fingerprint density at radius 3 is 2.48 bits per heavy atom. The summed E-state index contributed by atoms with van der Waals surface area (Å²) in [4.78, 5) is 7.08. The lowest BCUT2D eigenvalue weighted by atomic mass is 10.1. The molecule has 23 heavy (non-hydrogen) atoms. The zero-order valence-corrected chi connectivity index (χ0v) is 14.1. The standard InChI is InChI=1S/C19H24N4/c1-14-4-9-18-21-19(16-7-5-15(12-20)6-8-16)17(23(18)13-14)10-11-22(2)3/h4-9,13H,10-12,20H2,1-3H3. The number of fused-ring (bicyclic) bond motifs is 1. The van der Waals surface area contributed by atoms with Gasteiger partial charge in [0.2, 0.25) is 0 Å². The van der Waals surface area contributed by atoms with Crippen molar-refractivity contribution in [2.75, 3.05) is 20.6 Å². The lowest BCUT2D eigenvalue weighted by Gasteiger charge is -2.11. The number of aromatic nitrogens is 2. The van der Waals surface area contributed by atoms with Crippen LogP contribution in [0, 0.1) is 6.92 Å². The molecule has 4 heteroatoms. The zero-order valence-electron chi connectivity index (χ0n) is 14.1. The quantitative estimate of drug-likeness (QED) is 0.788. The fraction of sp³-hybridized carbons (Fsp3) is 0.316. The summed E-state index contributed by atoms with van der Waals surface area (Å²) in [5, 5.41) is 0. The summed E-state index contributed by atoms with van der Waals surface area (Å²) < 4.78 is 2.23. The Morgan fingerprint density at radius 2 is 1.83 bits per heavy atom. The maximum absolute atomic E-state index is 5.70. The van der Waals surface area contributed by atoms with Crippen LogP contribution in [-0.4, -0.2) is 34.9 Å². The molecule has 0 saturated carbocycles. The van der Waals surface area contributed by atoms with E-state index in [0.717, 1.165) is 35.4 Å². The Hall–Kier alpha value is -2.17. The van der Waals surface area contributed by atoms with Crippen LogP contribution in [0.1, 0.15) is 16.8 Å². The second-order valence-corrected chi connectivity index (χ2v) is 6.30. The van der Waals surface area contributed by atoms with E-state index in [2.05, 4.69) is 72.9 Å². The monoisotopic (exact) mass is 308 g/mol. The van der Waals surface area contributed by atoms with Gasteiger partial charge < -0.3 is 15.0 Å². The molecular formula is C19H24N4. The lowest BCUT2D eigenvalue weighted by molar-refractivity contribution is 0.411. The highest BCUT2D eigenvalue weighted by molar-refractivity contribution is 5.67. The molecule has 2 N–H and O–H groups in total. The normalized spacial score (nSPS) is 11.5. The largest absolute Gasteiger partial charge is 0.326 e. The Balaban J connectivity index is 2.11. The molecule has 0 aliphatic heterocycles. The van der Waals surface area contributed by atoms with Gasteiger partial charge >= 0.3 is 0 Å². The molecular weight excluding hydrogens is 284 g/mol. The number of rotatable bonds is 5. The van der Waals surface area contributed by atoms with Gasteiger partial charge in [0, 0.05) is 31.3 Å². The van der Waals surface area contributed by atoms with E-state index in [1.165, 1.54) is 11.3 Å². The average Bonchev–Trinajstić information content (AvgIpc) is 2.90. The van der Waals surface area contributed by atoms with Crippen molar-refractivity contribution in [1.82, 2.24) is 14.3 Å². The van der Waals surface area contributed by atoms with E-state index in [1.54, 1.807) is 0 Å². The van der Waals surface area contributed by atoms with Gasteiger partial charge in [0.15, 0.2) is 0 Å². The summed E-state index contributed by atoms with van der Waals surface area (Å²) in [6.45, 7) is 3.68. The number of aryl methyl sites for hydroxylation is 1. The van der Waals surface area contributed by atoms with Gasteiger partial charge in [-0.1, -0.05) is 30.3 Å². The number of hydrogen-bond donors (Lipinski definition) is 1. The highest BCUT2D eigenvalue weighted by Gasteiger charge is 2.14. The van der Waals surface area contributed by atoms with E-state index in [9.17, 15) is 0 Å². The summed E-state index contributed by atoms with van der Waals surface area (Å²) >= 11 is 0. The van der Waals surface area contributed by atoms with Crippen LogP contribution in [0.2, 0.25) is 0 Å². The molecule has 4 nitrogen and oxygen atoms in total. The van der Waals surface area contributed by atoms with Gasteiger partial charge in [-0.25, -0.2) is 4.98 Å². The number of pyridine rings is 1. The van der Waals surface area contributed by atoms with Gasteiger partial charge in [0.1, 0.15) is 5.65 Å². The van der Waals surface area contributed by atoms with Crippen molar-refractivity contribution in [3.05, 3.63) is 59.4 Å². The average molecular weight is 308 g/mol. The maximum atomic E-state index is 5.70. The van der Waals surface area contributed by atoms with Gasteiger partial charge in [0.25, 0.3) is 0 Å². The predicted molar refractivity (Wildman–Crippen MR) is 95.5 cm³/mol. The molecule has 0 bridgehead atoms. The van der Waals surface area contributed by atoms with Crippen molar-refractivity contribution in [1.29, 1.82) is 0 Å². The molecule has 0 aliphatic carbocycles. The SMILES string of the molecule is Cc1ccc2nc(-c3ccc(CN)cc3)c(CCN(C)C)n2c1. The van der Waals surface area contributed by atoms with Gasteiger partial charge in [-0.05, 0) is 38.2 Å². The first-order chi connectivity index (χ1) is 11.1. The van der Waals surface area contributed by atoms with E-state index in [0.29, 0.717) is 6.54 Å². The molecule has 0 radical (unpaired) electrons. The van der Waals surface area contributed by atoms with Crippen LogP contribution < -0.4 is 5.73 Å². The van der Waals surface area contributed by atoms with Crippen molar-refractivity contribution in [3.8, 4) is 11.3 Å². The van der Waals surface area contributed by atoms with Crippen LogP contribution in [0.15, 0.2) is 42.6 Å². The zero-order chi connectivity index (χ0) is 16.4. The third kappa shape index (κ3) is 3.28. The van der Waals surface area contributed by atoms with Gasteiger partial charge in [0.05, 0.1) is 11.4 Å². The third-order valence-corrected chi connectivity index (χ3v) is 4.12. The van der Waals surface area contributed by atoms with Gasteiger partial charge in [-0.15, -0.1) is 0 Å². The summed E-state index contributed by atoms with van der Waals surface area (Å²) in [6.07, 6.45) is 3.14. The van der Waals surface area contributed by atoms with Crippen LogP contribution >= 0.6 is 0 Å². The summed E-state index contributed by atoms with van der Waals surface area (Å²) in [5.74, 6) is 0. The number of nitrogens with two attached hydrogens (primary N) is 1. The van der Waals surface area contributed by atoms with Crippen LogP contribution in [0.25, 0.3) is 16.9 Å². The summed E-state index contributed by atoms with van der Waals surface area (Å²) in [6, 6.07) is 12.6. The molecule has 0 aliphatic rings. The van der Waals surface area contributed by atoms with Crippen molar-refractivity contribution in [3.63, 3.8) is 0 Å². The smallest absolute Gasteiger partial charge is 0.137 e. The Morgan fingerprint density at radius 1 is 1.09 bits per heavy atom. The Bertz CT molecular complexity index is 800. The van der Waals surface area contributed by atoms with Crippen LogP contribution in [0.3, 0.4) is 0 Å². The molecule has 0 saturated heterocycles. The first-order valence-electron chi connectivity index (χ1n) is 8.00. The number of nitrogens with zero attached hydrogens (tertiary/aromatic N) is 3. The highest BCUT2D eigenvalue weighted by atomic mass is 15.1. The molecule has 0 atom stereocenters. The minimum absolute atomic E-state index is 0.568. The van der Waals surface area contributed by atoms with Crippen molar-refractivity contribution in [2.24, 2.45) is 5.73 Å². The van der Waals surface area contributed by atoms with Crippen LogP contribution in [-0.2, 0) is 13.0 Å². The molecule has 3 rings (SSSR count). The van der Waals surface area contributed by atoms with E-state index in [1.807, 2.05) is 0 Å². The van der Waals surface area contributed by atoms with Crippen LogP contribution in [0.5, 0.6) is 0 Å². The van der Waals surface area contributed by atoms with Crippen molar-refractivity contribution in [2.45, 2.75) is 19.9 Å². The van der Waals surface area contributed by atoms with Crippen molar-refractivity contribution < 1.29 is 0 Å². The molecule has 0 spiro atoms. The van der Waals surface area contributed by atoms with E-state index < -0.39 is 0 Å². The minimum atomic E-state index is 0.568. The second kappa shape index (κ2) is 6.52. The number of likely N-dealkylation sites (N-methyl/N-ethyl adjacent to an activating group) is 1. The fourth-order valence-electron chi connectivity index (χ4n) is 2.80. The number of hydrogen-bond acceptors (Lipinski definition) is 3. The third-order valence-electron chi connectivity index (χ3n) is 4.12. The van der Waals surface area contributed by atoms with Gasteiger partial charge in [-0.3, -0.25) is 0 Å². The van der Waals surface area contributed by atoms with Crippen molar-refractivity contribution >= 4 is 5.65 Å². The highest BCUT2D eigenvalue weighted by Crippen LogP contribution is 2.26. The molecule has 1 aromatic carbocycles. The number of imidazole rings is 1. The molecule has 120 valence electrons. The topological polar surface area (TPSA) is 46.6 Å². The Kier molecular flexibility index (Phi) is 4.46. The predicted octanol–water partition coefficient (Wildman–Crippen LogP) is 2.87. The second-order valence-electron chi connectivity index (χ2n) is 6.30. The van der Waals surface area contributed by atoms with Crippen LogP contribution in [0.4, 0.5) is 0 Å². The molecule has 0 unspecified atom stereocenters. The molecule has 3 aromatic rings. The lowest BCUT2D eigenvalue weighted by Crippen LogP contribution is -2.16. The maximum Gasteiger partial charge on any atom is 0.137 e. The molecule has 0 amide bonds. The van der Waals surface area contributed by atoms with E-state index in [-0.39, 0.29) is 0 Å².